The Morgan fingerprint density at radius 2 is 1.64 bits per heavy atom. The highest BCUT2D eigenvalue weighted by molar-refractivity contribution is 5.76. The highest BCUT2D eigenvalue weighted by Crippen LogP contribution is 2.20. The van der Waals surface area contributed by atoms with Crippen LogP contribution in [-0.2, 0) is 11.2 Å². The molecule has 1 amide bonds. The molecule has 0 aliphatic carbocycles. The third-order valence-electron chi connectivity index (χ3n) is 4.63. The number of carbonyl (C=O) groups is 1. The Bertz CT molecular complexity index is 690. The van der Waals surface area contributed by atoms with E-state index in [1.165, 1.54) is 0 Å². The fraction of sp³-hybridized carbons (Fsp3) is 0.350. The van der Waals surface area contributed by atoms with Gasteiger partial charge < -0.3 is 19.6 Å². The first-order chi connectivity index (χ1) is 12.2. The number of aryl methyl sites for hydroxylation is 1. The summed E-state index contributed by atoms with van der Waals surface area (Å²) >= 11 is 0. The van der Waals surface area contributed by atoms with E-state index in [9.17, 15) is 9.90 Å². The average molecular weight is 340 g/mol. The van der Waals surface area contributed by atoms with E-state index in [0.717, 1.165) is 49.6 Å². The van der Waals surface area contributed by atoms with Crippen LogP contribution in [0.5, 0.6) is 11.5 Å². The molecule has 0 bridgehead atoms. The number of hydrogen-bond acceptors (Lipinski definition) is 4. The van der Waals surface area contributed by atoms with E-state index >= 15 is 0 Å². The SMILES string of the molecule is COc1ccc(CCC(=O)N2CCN(c3ccc(O)cc3)CC2)cc1. The van der Waals surface area contributed by atoms with Crippen molar-refractivity contribution in [1.82, 2.24) is 4.90 Å². The van der Waals surface area contributed by atoms with E-state index in [4.69, 9.17) is 4.74 Å². The van der Waals surface area contributed by atoms with Crippen LogP contribution in [0.25, 0.3) is 0 Å². The minimum absolute atomic E-state index is 0.209. The summed E-state index contributed by atoms with van der Waals surface area (Å²) in [5.41, 5.74) is 2.24. The number of piperazine rings is 1. The third-order valence-corrected chi connectivity index (χ3v) is 4.63. The lowest BCUT2D eigenvalue weighted by molar-refractivity contribution is -0.131. The monoisotopic (exact) mass is 340 g/mol. The van der Waals surface area contributed by atoms with Gasteiger partial charge >= 0.3 is 0 Å². The van der Waals surface area contributed by atoms with Crippen molar-refractivity contribution in [2.24, 2.45) is 0 Å². The van der Waals surface area contributed by atoms with Gasteiger partial charge in [0.25, 0.3) is 0 Å². The van der Waals surface area contributed by atoms with Crippen LogP contribution in [0.1, 0.15) is 12.0 Å². The van der Waals surface area contributed by atoms with E-state index in [0.29, 0.717) is 6.42 Å². The number of benzene rings is 2. The lowest BCUT2D eigenvalue weighted by atomic mass is 10.1. The summed E-state index contributed by atoms with van der Waals surface area (Å²) in [7, 11) is 1.65. The Morgan fingerprint density at radius 3 is 2.24 bits per heavy atom. The topological polar surface area (TPSA) is 53.0 Å². The van der Waals surface area contributed by atoms with Crippen molar-refractivity contribution in [3.8, 4) is 11.5 Å². The minimum Gasteiger partial charge on any atom is -0.508 e. The number of rotatable bonds is 5. The number of hydrogen-bond donors (Lipinski definition) is 1. The zero-order valence-corrected chi connectivity index (χ0v) is 14.5. The Balaban J connectivity index is 1.47. The van der Waals surface area contributed by atoms with Crippen molar-refractivity contribution in [2.75, 3.05) is 38.2 Å². The van der Waals surface area contributed by atoms with Crippen LogP contribution in [0.2, 0.25) is 0 Å². The average Bonchev–Trinajstić information content (AvgIpc) is 2.67. The second-order valence-electron chi connectivity index (χ2n) is 6.23. The molecule has 2 aromatic rings. The van der Waals surface area contributed by atoms with Gasteiger partial charge in [0.05, 0.1) is 7.11 Å². The summed E-state index contributed by atoms with van der Waals surface area (Å²) < 4.78 is 5.15. The van der Waals surface area contributed by atoms with Crippen LogP contribution in [0.3, 0.4) is 0 Å². The molecule has 3 rings (SSSR count). The number of aromatic hydroxyl groups is 1. The number of ether oxygens (including phenoxy) is 1. The molecule has 1 aliphatic heterocycles. The van der Waals surface area contributed by atoms with Gasteiger partial charge in [0.2, 0.25) is 5.91 Å². The van der Waals surface area contributed by atoms with E-state index in [1.54, 1.807) is 19.2 Å². The van der Waals surface area contributed by atoms with E-state index in [1.807, 2.05) is 41.3 Å². The fourth-order valence-electron chi connectivity index (χ4n) is 3.08. The van der Waals surface area contributed by atoms with Crippen LogP contribution in [-0.4, -0.2) is 49.2 Å². The summed E-state index contributed by atoms with van der Waals surface area (Å²) in [5.74, 6) is 1.32. The van der Waals surface area contributed by atoms with Crippen LogP contribution in [0, 0.1) is 0 Å². The number of phenolic OH excluding ortho intramolecular Hbond substituents is 1. The molecule has 1 saturated heterocycles. The molecule has 0 spiro atoms. The van der Waals surface area contributed by atoms with Gasteiger partial charge in [0, 0.05) is 38.3 Å². The zero-order valence-electron chi connectivity index (χ0n) is 14.5. The van der Waals surface area contributed by atoms with Gasteiger partial charge in [-0.05, 0) is 48.4 Å². The molecule has 1 N–H and O–H groups in total. The molecular weight excluding hydrogens is 316 g/mol. The zero-order chi connectivity index (χ0) is 17.6. The summed E-state index contributed by atoms with van der Waals surface area (Å²) in [5, 5.41) is 9.37. The molecule has 0 saturated carbocycles. The summed E-state index contributed by atoms with van der Waals surface area (Å²) in [6.07, 6.45) is 1.28. The molecular formula is C20H24N2O3. The molecule has 0 unspecified atom stereocenters. The van der Waals surface area contributed by atoms with Crippen LogP contribution in [0.4, 0.5) is 5.69 Å². The van der Waals surface area contributed by atoms with Gasteiger partial charge in [0.1, 0.15) is 11.5 Å². The molecule has 5 heteroatoms. The Labute approximate surface area is 148 Å². The van der Waals surface area contributed by atoms with Gasteiger partial charge in [-0.2, -0.15) is 0 Å². The summed E-state index contributed by atoms with van der Waals surface area (Å²) in [6, 6.07) is 15.1. The molecule has 1 fully saturated rings. The Morgan fingerprint density at radius 1 is 1.00 bits per heavy atom. The second-order valence-corrected chi connectivity index (χ2v) is 6.23. The standard InChI is InChI=1S/C20H24N2O3/c1-25-19-9-2-16(3-10-19)4-11-20(24)22-14-12-21(13-15-22)17-5-7-18(23)8-6-17/h2-3,5-10,23H,4,11-15H2,1H3. The number of nitrogens with zero attached hydrogens (tertiary/aromatic N) is 2. The summed E-state index contributed by atoms with van der Waals surface area (Å²) in [6.45, 7) is 3.11. The van der Waals surface area contributed by atoms with E-state index in [-0.39, 0.29) is 11.7 Å². The Kier molecular flexibility index (Phi) is 5.43. The lowest BCUT2D eigenvalue weighted by Gasteiger charge is -2.36. The molecule has 1 aliphatic rings. The van der Waals surface area contributed by atoms with Crippen LogP contribution < -0.4 is 9.64 Å². The molecule has 0 atom stereocenters. The Hall–Kier alpha value is -2.69. The first-order valence-corrected chi connectivity index (χ1v) is 8.60. The predicted molar refractivity (Wildman–Crippen MR) is 98.2 cm³/mol. The highest BCUT2D eigenvalue weighted by atomic mass is 16.5. The molecule has 5 nitrogen and oxygen atoms in total. The maximum atomic E-state index is 12.4. The first kappa shape index (κ1) is 17.1. The van der Waals surface area contributed by atoms with Gasteiger partial charge in [0.15, 0.2) is 0 Å². The number of phenols is 1. The van der Waals surface area contributed by atoms with Crippen molar-refractivity contribution in [3.63, 3.8) is 0 Å². The van der Waals surface area contributed by atoms with Gasteiger partial charge in [-0.3, -0.25) is 4.79 Å². The number of anilines is 1. The smallest absolute Gasteiger partial charge is 0.223 e. The first-order valence-electron chi connectivity index (χ1n) is 8.60. The maximum Gasteiger partial charge on any atom is 0.223 e. The predicted octanol–water partition coefficient (Wildman–Crippen LogP) is 2.68. The van der Waals surface area contributed by atoms with Crippen molar-refractivity contribution in [1.29, 1.82) is 0 Å². The normalized spacial score (nSPS) is 14.4. The lowest BCUT2D eigenvalue weighted by Crippen LogP contribution is -2.48. The van der Waals surface area contributed by atoms with Crippen molar-refractivity contribution < 1.29 is 14.6 Å². The van der Waals surface area contributed by atoms with Gasteiger partial charge in [-0.15, -0.1) is 0 Å². The van der Waals surface area contributed by atoms with Crippen molar-refractivity contribution in [3.05, 3.63) is 54.1 Å². The van der Waals surface area contributed by atoms with Crippen molar-refractivity contribution >= 4 is 11.6 Å². The van der Waals surface area contributed by atoms with Gasteiger partial charge in [-0.25, -0.2) is 0 Å². The van der Waals surface area contributed by atoms with Crippen molar-refractivity contribution in [2.45, 2.75) is 12.8 Å². The van der Waals surface area contributed by atoms with Crippen LogP contribution in [0.15, 0.2) is 48.5 Å². The minimum atomic E-state index is 0.209. The third kappa shape index (κ3) is 4.44. The second kappa shape index (κ2) is 7.92. The number of amides is 1. The molecule has 25 heavy (non-hydrogen) atoms. The molecule has 2 aromatic carbocycles. The maximum absolute atomic E-state index is 12.4. The number of carbonyl (C=O) groups excluding carboxylic acids is 1. The summed E-state index contributed by atoms with van der Waals surface area (Å²) in [4.78, 5) is 16.6. The quantitative estimate of drug-likeness (QED) is 0.909. The largest absolute Gasteiger partial charge is 0.508 e. The molecule has 0 radical (unpaired) electrons. The van der Waals surface area contributed by atoms with E-state index < -0.39 is 0 Å². The van der Waals surface area contributed by atoms with Gasteiger partial charge in [-0.1, -0.05) is 12.1 Å². The van der Waals surface area contributed by atoms with Crippen LogP contribution >= 0.6 is 0 Å². The fourth-order valence-corrected chi connectivity index (χ4v) is 3.08. The highest BCUT2D eigenvalue weighted by Gasteiger charge is 2.21. The van der Waals surface area contributed by atoms with E-state index in [2.05, 4.69) is 4.90 Å². The molecule has 0 aromatic heterocycles. The molecule has 132 valence electrons. The number of methoxy groups -OCH3 is 1. The molecule has 1 heterocycles.